The Labute approximate surface area is 151 Å². The van der Waals surface area contributed by atoms with Gasteiger partial charge in [-0.15, -0.1) is 11.6 Å². The van der Waals surface area contributed by atoms with Crippen LogP contribution in [0.2, 0.25) is 10.0 Å². The molecule has 4 bridgehead atoms. The third kappa shape index (κ3) is 2.77. The molecule has 4 aliphatic carbocycles. The molecule has 4 aliphatic rings. The fourth-order valence-electron chi connectivity index (χ4n) is 5.35. The van der Waals surface area contributed by atoms with Crippen molar-refractivity contribution in [1.29, 1.82) is 0 Å². The summed E-state index contributed by atoms with van der Waals surface area (Å²) in [5.74, 6) is 1.03. The highest BCUT2D eigenvalue weighted by Crippen LogP contribution is 2.64. The van der Waals surface area contributed by atoms with Gasteiger partial charge in [0.05, 0.1) is 5.41 Å². The van der Waals surface area contributed by atoms with Crippen LogP contribution in [0.4, 0.5) is 0 Å². The first-order valence-corrected chi connectivity index (χ1v) is 9.32. The lowest BCUT2D eigenvalue weighted by molar-refractivity contribution is -0.171. The number of alkyl halides is 1. The van der Waals surface area contributed by atoms with Gasteiger partial charge in [0.15, 0.2) is 0 Å². The topological polar surface area (TPSA) is 26.3 Å². The van der Waals surface area contributed by atoms with Crippen LogP contribution in [0, 0.1) is 17.3 Å². The number of hydrogen-bond donors (Lipinski definition) is 0. The van der Waals surface area contributed by atoms with E-state index < -0.39 is 0 Å². The summed E-state index contributed by atoms with van der Waals surface area (Å²) in [6.45, 7) is 0.129. The van der Waals surface area contributed by atoms with Crippen LogP contribution in [-0.4, -0.2) is 10.8 Å². The van der Waals surface area contributed by atoms with Gasteiger partial charge in [0.25, 0.3) is 0 Å². The molecule has 0 saturated heterocycles. The standard InChI is InChI=1S/C18H19Cl3O2/c19-14-2-1-3-15(20)13(14)9-23-16(22)17-5-11-4-12(6-17)8-18(21,7-11)10-17/h1-3,11-12H,4-10H2/t11-,12+,17?,18?. The van der Waals surface area contributed by atoms with Gasteiger partial charge in [-0.25, -0.2) is 0 Å². The molecular weight excluding hydrogens is 355 g/mol. The second-order valence-corrected chi connectivity index (χ2v) is 9.28. The van der Waals surface area contributed by atoms with Crippen molar-refractivity contribution in [3.63, 3.8) is 0 Å². The van der Waals surface area contributed by atoms with Gasteiger partial charge in [-0.3, -0.25) is 4.79 Å². The average molecular weight is 374 g/mol. The highest BCUT2D eigenvalue weighted by molar-refractivity contribution is 6.36. The molecule has 0 spiro atoms. The van der Waals surface area contributed by atoms with Crippen LogP contribution >= 0.6 is 34.8 Å². The molecule has 0 aliphatic heterocycles. The summed E-state index contributed by atoms with van der Waals surface area (Å²) in [6.07, 6.45) is 5.93. The Morgan fingerprint density at radius 2 is 1.74 bits per heavy atom. The largest absolute Gasteiger partial charge is 0.460 e. The Hall–Kier alpha value is -0.440. The van der Waals surface area contributed by atoms with Crippen LogP contribution in [0.25, 0.3) is 0 Å². The zero-order chi connectivity index (χ0) is 16.2. The van der Waals surface area contributed by atoms with Gasteiger partial charge in [-0.1, -0.05) is 29.3 Å². The van der Waals surface area contributed by atoms with Gasteiger partial charge >= 0.3 is 5.97 Å². The summed E-state index contributed by atoms with van der Waals surface area (Å²) in [4.78, 5) is 12.7. The molecule has 0 amide bonds. The van der Waals surface area contributed by atoms with E-state index in [2.05, 4.69) is 0 Å². The maximum absolute atomic E-state index is 12.9. The summed E-state index contributed by atoms with van der Waals surface area (Å²) in [5.41, 5.74) is 0.286. The zero-order valence-corrected chi connectivity index (χ0v) is 15.1. The second-order valence-electron chi connectivity index (χ2n) is 7.67. The van der Waals surface area contributed by atoms with Crippen LogP contribution in [0.15, 0.2) is 18.2 Å². The fraction of sp³-hybridized carbons (Fsp3) is 0.611. The molecule has 124 valence electrons. The number of carbonyl (C=O) groups excluding carboxylic acids is 1. The van der Waals surface area contributed by atoms with Crippen molar-refractivity contribution in [2.75, 3.05) is 0 Å². The van der Waals surface area contributed by atoms with Crippen molar-refractivity contribution < 1.29 is 9.53 Å². The van der Waals surface area contributed by atoms with E-state index in [1.54, 1.807) is 18.2 Å². The number of halogens is 3. The second kappa shape index (κ2) is 5.54. The van der Waals surface area contributed by atoms with Gasteiger partial charge in [0.2, 0.25) is 0 Å². The first kappa shape index (κ1) is 16.1. The van der Waals surface area contributed by atoms with Crippen molar-refractivity contribution in [2.45, 2.75) is 50.0 Å². The fourth-order valence-corrected chi connectivity index (χ4v) is 6.55. The number of esters is 1. The van der Waals surface area contributed by atoms with Gasteiger partial charge in [-0.2, -0.15) is 0 Å². The number of rotatable bonds is 3. The lowest BCUT2D eigenvalue weighted by Gasteiger charge is -2.58. The molecular formula is C18H19Cl3O2. The smallest absolute Gasteiger partial charge is 0.312 e. The number of carbonyl (C=O) groups is 1. The molecule has 1 aromatic carbocycles. The minimum absolute atomic E-state index is 0.118. The minimum atomic E-state index is -0.389. The van der Waals surface area contributed by atoms with E-state index in [0.29, 0.717) is 27.4 Å². The average Bonchev–Trinajstić information content (AvgIpc) is 2.43. The summed E-state index contributed by atoms with van der Waals surface area (Å²) >= 11 is 19.1. The van der Waals surface area contributed by atoms with Crippen molar-refractivity contribution in [3.8, 4) is 0 Å². The molecule has 0 aromatic heterocycles. The van der Waals surface area contributed by atoms with Crippen molar-refractivity contribution in [3.05, 3.63) is 33.8 Å². The zero-order valence-electron chi connectivity index (χ0n) is 12.8. The molecule has 0 N–H and O–H groups in total. The van der Waals surface area contributed by atoms with E-state index in [-0.39, 0.29) is 22.9 Å². The molecule has 5 heteroatoms. The predicted molar refractivity (Wildman–Crippen MR) is 92.0 cm³/mol. The normalized spacial score (nSPS) is 37.9. The quantitative estimate of drug-likeness (QED) is 0.508. The van der Waals surface area contributed by atoms with Gasteiger partial charge in [0.1, 0.15) is 6.61 Å². The number of hydrogen-bond acceptors (Lipinski definition) is 2. The van der Waals surface area contributed by atoms with Gasteiger partial charge in [-0.05, 0) is 62.5 Å². The van der Waals surface area contributed by atoms with Crippen molar-refractivity contribution in [2.24, 2.45) is 17.3 Å². The van der Waals surface area contributed by atoms with E-state index in [1.807, 2.05) is 0 Å². The first-order valence-electron chi connectivity index (χ1n) is 8.18. The van der Waals surface area contributed by atoms with E-state index in [9.17, 15) is 4.79 Å². The lowest BCUT2D eigenvalue weighted by atomic mass is 9.49. The maximum Gasteiger partial charge on any atom is 0.312 e. The number of ether oxygens (including phenoxy) is 1. The van der Waals surface area contributed by atoms with Crippen molar-refractivity contribution in [1.82, 2.24) is 0 Å². The Morgan fingerprint density at radius 3 is 2.30 bits per heavy atom. The lowest BCUT2D eigenvalue weighted by Crippen LogP contribution is -2.56. The van der Waals surface area contributed by atoms with Crippen LogP contribution in [0.3, 0.4) is 0 Å². The summed E-state index contributed by atoms with van der Waals surface area (Å²) < 4.78 is 5.65. The third-order valence-electron chi connectivity index (χ3n) is 5.83. The molecule has 4 atom stereocenters. The maximum atomic E-state index is 12.9. The van der Waals surface area contributed by atoms with Crippen LogP contribution in [0.5, 0.6) is 0 Å². The Bertz CT molecular complexity index is 623. The predicted octanol–water partition coefficient (Wildman–Crippen LogP) is 5.61. The Morgan fingerprint density at radius 1 is 1.13 bits per heavy atom. The molecule has 4 saturated carbocycles. The van der Waals surface area contributed by atoms with E-state index in [4.69, 9.17) is 39.5 Å². The van der Waals surface area contributed by atoms with E-state index in [0.717, 1.165) is 32.1 Å². The summed E-state index contributed by atoms with van der Waals surface area (Å²) in [6, 6.07) is 5.30. The molecule has 23 heavy (non-hydrogen) atoms. The van der Waals surface area contributed by atoms with Crippen LogP contribution < -0.4 is 0 Å². The Kier molecular flexibility index (Phi) is 3.87. The molecule has 4 fully saturated rings. The Balaban J connectivity index is 1.51. The van der Waals surface area contributed by atoms with Gasteiger partial charge in [0, 0.05) is 20.5 Å². The minimum Gasteiger partial charge on any atom is -0.460 e. The number of benzene rings is 1. The third-order valence-corrected chi connectivity index (χ3v) is 6.98. The van der Waals surface area contributed by atoms with Crippen molar-refractivity contribution >= 4 is 40.8 Å². The van der Waals surface area contributed by atoms with Crippen LogP contribution in [0.1, 0.15) is 44.1 Å². The molecule has 1 aromatic rings. The summed E-state index contributed by atoms with van der Waals surface area (Å²) in [7, 11) is 0. The SMILES string of the molecule is O=C(OCc1c(Cl)cccc1Cl)C12C[C@@H]3C[C@@H](CC(Cl)(C3)C1)C2. The highest BCUT2D eigenvalue weighted by atomic mass is 35.5. The molecule has 0 radical (unpaired) electrons. The molecule has 2 nitrogen and oxygen atoms in total. The first-order chi connectivity index (χ1) is 10.9. The molecule has 0 heterocycles. The van der Waals surface area contributed by atoms with E-state index in [1.165, 1.54) is 6.42 Å². The molecule has 5 rings (SSSR count). The highest BCUT2D eigenvalue weighted by Gasteiger charge is 2.60. The monoisotopic (exact) mass is 372 g/mol. The van der Waals surface area contributed by atoms with Crippen LogP contribution in [-0.2, 0) is 16.1 Å². The van der Waals surface area contributed by atoms with Gasteiger partial charge < -0.3 is 4.74 Å². The van der Waals surface area contributed by atoms with E-state index >= 15 is 0 Å². The molecule has 2 unspecified atom stereocenters. The summed E-state index contributed by atoms with van der Waals surface area (Å²) in [5, 5.41) is 1.06.